The quantitative estimate of drug-likeness (QED) is 0.295. The van der Waals surface area contributed by atoms with Crippen molar-refractivity contribution < 1.29 is 19.1 Å². The highest BCUT2D eigenvalue weighted by Crippen LogP contribution is 2.37. The molecule has 1 aliphatic rings. The zero-order chi connectivity index (χ0) is 19.4. The monoisotopic (exact) mass is 438 g/mol. The van der Waals surface area contributed by atoms with E-state index < -0.39 is 11.8 Å². The van der Waals surface area contributed by atoms with Crippen LogP contribution in [0.25, 0.3) is 6.08 Å². The van der Waals surface area contributed by atoms with Gasteiger partial charge in [0, 0.05) is 14.1 Å². The van der Waals surface area contributed by atoms with E-state index in [1.807, 2.05) is 6.92 Å². The number of hydrogen-bond acceptors (Lipinski definition) is 5. The van der Waals surface area contributed by atoms with Crippen LogP contribution in [0.5, 0.6) is 11.5 Å². The summed E-state index contributed by atoms with van der Waals surface area (Å²) in [6.07, 6.45) is 3.15. The summed E-state index contributed by atoms with van der Waals surface area (Å²) in [5, 5.41) is 0.168. The van der Waals surface area contributed by atoms with Gasteiger partial charge in [-0.2, -0.15) is 0 Å². The minimum absolute atomic E-state index is 0.0257. The molecular weight excluding hydrogens is 420 g/mol. The van der Waals surface area contributed by atoms with Crippen LogP contribution >= 0.6 is 28.1 Å². The second-order valence-corrected chi connectivity index (χ2v) is 6.65. The Morgan fingerprint density at radius 1 is 1.19 bits per heavy atom. The van der Waals surface area contributed by atoms with E-state index in [-0.39, 0.29) is 10.7 Å². The van der Waals surface area contributed by atoms with Crippen LogP contribution in [0.2, 0.25) is 0 Å². The first-order valence-electron chi connectivity index (χ1n) is 7.83. The Morgan fingerprint density at radius 2 is 1.81 bits per heavy atom. The van der Waals surface area contributed by atoms with E-state index in [2.05, 4.69) is 22.5 Å². The van der Waals surface area contributed by atoms with Gasteiger partial charge in [-0.25, -0.2) is 0 Å². The molecule has 26 heavy (non-hydrogen) atoms. The van der Waals surface area contributed by atoms with Crippen LogP contribution in [0.1, 0.15) is 12.5 Å². The van der Waals surface area contributed by atoms with E-state index in [4.69, 9.17) is 21.7 Å². The molecule has 1 heterocycles. The van der Waals surface area contributed by atoms with Crippen molar-refractivity contribution in [1.82, 2.24) is 9.80 Å². The van der Waals surface area contributed by atoms with Crippen LogP contribution in [-0.2, 0) is 9.59 Å². The lowest BCUT2D eigenvalue weighted by Gasteiger charge is -2.31. The molecule has 2 rings (SSSR count). The molecule has 0 N–H and O–H groups in total. The maximum atomic E-state index is 12.4. The molecule has 0 bridgehead atoms. The van der Waals surface area contributed by atoms with Gasteiger partial charge < -0.3 is 9.47 Å². The molecule has 0 unspecified atom stereocenters. The molecule has 0 radical (unpaired) electrons. The molecule has 0 atom stereocenters. The minimum atomic E-state index is -0.445. The van der Waals surface area contributed by atoms with Gasteiger partial charge in [0.15, 0.2) is 16.6 Å². The average molecular weight is 439 g/mol. The maximum Gasteiger partial charge on any atom is 0.265 e. The van der Waals surface area contributed by atoms with Crippen molar-refractivity contribution in [2.75, 3.05) is 27.3 Å². The highest BCUT2D eigenvalue weighted by molar-refractivity contribution is 9.10. The fraction of sp³-hybridized carbons (Fsp3) is 0.278. The number of ether oxygens (including phenoxy) is 2. The Hall–Kier alpha value is -2.19. The summed E-state index contributed by atoms with van der Waals surface area (Å²) in [7, 11) is 3.07. The summed E-state index contributed by atoms with van der Waals surface area (Å²) in [4.78, 5) is 27.4. The average Bonchev–Trinajstić information content (AvgIpc) is 2.61. The van der Waals surface area contributed by atoms with Crippen molar-refractivity contribution in [3.63, 3.8) is 0 Å². The molecule has 1 aliphatic heterocycles. The number of amides is 2. The SMILES string of the molecule is C=CCOc1c(Br)cc(C=C2C(=O)N(C)C(=S)N(C)C2=O)cc1OCC. The van der Waals surface area contributed by atoms with Gasteiger partial charge in [0.05, 0.1) is 11.1 Å². The van der Waals surface area contributed by atoms with Gasteiger partial charge in [-0.15, -0.1) is 0 Å². The van der Waals surface area contributed by atoms with Crippen molar-refractivity contribution in [3.8, 4) is 11.5 Å². The highest BCUT2D eigenvalue weighted by atomic mass is 79.9. The molecule has 1 saturated heterocycles. The number of rotatable bonds is 6. The number of nitrogens with zero attached hydrogens (tertiary/aromatic N) is 2. The number of likely N-dealkylation sites (N-methyl/N-ethyl adjacent to an activating group) is 2. The Labute approximate surface area is 166 Å². The molecule has 8 heteroatoms. The van der Waals surface area contributed by atoms with Crippen LogP contribution in [0.3, 0.4) is 0 Å². The third-order valence-electron chi connectivity index (χ3n) is 3.63. The fourth-order valence-corrected chi connectivity index (χ4v) is 3.10. The van der Waals surface area contributed by atoms with Gasteiger partial charge in [-0.1, -0.05) is 12.7 Å². The highest BCUT2D eigenvalue weighted by Gasteiger charge is 2.35. The van der Waals surface area contributed by atoms with Crippen LogP contribution in [-0.4, -0.2) is 54.0 Å². The summed E-state index contributed by atoms with van der Waals surface area (Å²) in [5.41, 5.74) is 0.648. The number of thiocarbonyl (C=S) groups is 1. The lowest BCUT2D eigenvalue weighted by Crippen LogP contribution is -2.52. The Kier molecular flexibility index (Phi) is 6.55. The van der Waals surface area contributed by atoms with Crippen molar-refractivity contribution in [3.05, 3.63) is 40.4 Å². The first-order chi connectivity index (χ1) is 12.3. The normalized spacial score (nSPS) is 14.6. The van der Waals surface area contributed by atoms with Crippen molar-refractivity contribution in [2.45, 2.75) is 6.92 Å². The Balaban J connectivity index is 2.49. The first-order valence-corrected chi connectivity index (χ1v) is 9.03. The third-order valence-corrected chi connectivity index (χ3v) is 4.77. The molecular formula is C18H19BrN2O4S. The second kappa shape index (κ2) is 8.46. The number of hydrogen-bond donors (Lipinski definition) is 0. The van der Waals surface area contributed by atoms with Crippen molar-refractivity contribution in [2.24, 2.45) is 0 Å². The number of carbonyl (C=O) groups is 2. The smallest absolute Gasteiger partial charge is 0.265 e. The predicted octanol–water partition coefficient (Wildman–Crippen LogP) is 3.01. The summed E-state index contributed by atoms with van der Waals surface area (Å²) in [5.74, 6) is 0.146. The second-order valence-electron chi connectivity index (χ2n) is 5.43. The van der Waals surface area contributed by atoms with Gasteiger partial charge in [0.1, 0.15) is 12.2 Å². The molecule has 1 aromatic carbocycles. The predicted molar refractivity (Wildman–Crippen MR) is 107 cm³/mol. The van der Waals surface area contributed by atoms with E-state index in [1.54, 1.807) is 18.2 Å². The zero-order valence-electron chi connectivity index (χ0n) is 14.7. The third kappa shape index (κ3) is 3.96. The maximum absolute atomic E-state index is 12.4. The lowest BCUT2D eigenvalue weighted by atomic mass is 10.1. The van der Waals surface area contributed by atoms with E-state index in [0.29, 0.717) is 34.7 Å². The molecule has 0 aromatic heterocycles. The van der Waals surface area contributed by atoms with E-state index >= 15 is 0 Å². The summed E-state index contributed by atoms with van der Waals surface area (Å²) in [6.45, 7) is 6.25. The molecule has 1 fully saturated rings. The molecule has 0 spiro atoms. The Morgan fingerprint density at radius 3 is 2.35 bits per heavy atom. The summed E-state index contributed by atoms with van der Waals surface area (Å²) >= 11 is 8.53. The molecule has 2 amide bonds. The van der Waals surface area contributed by atoms with Crippen LogP contribution in [0.15, 0.2) is 34.8 Å². The molecule has 1 aromatic rings. The molecule has 0 saturated carbocycles. The van der Waals surface area contributed by atoms with Gasteiger partial charge >= 0.3 is 0 Å². The minimum Gasteiger partial charge on any atom is -0.490 e. The van der Waals surface area contributed by atoms with Crippen LogP contribution in [0, 0.1) is 0 Å². The van der Waals surface area contributed by atoms with Crippen LogP contribution < -0.4 is 9.47 Å². The number of halogens is 1. The topological polar surface area (TPSA) is 59.1 Å². The zero-order valence-corrected chi connectivity index (χ0v) is 17.1. The largest absolute Gasteiger partial charge is 0.490 e. The molecule has 138 valence electrons. The number of benzene rings is 1. The first kappa shape index (κ1) is 20.1. The van der Waals surface area contributed by atoms with Crippen molar-refractivity contribution in [1.29, 1.82) is 0 Å². The van der Waals surface area contributed by atoms with Gasteiger partial charge in [-0.3, -0.25) is 19.4 Å². The molecule has 0 aliphatic carbocycles. The van der Waals surface area contributed by atoms with E-state index in [0.717, 1.165) is 0 Å². The number of carbonyl (C=O) groups excluding carboxylic acids is 2. The van der Waals surface area contributed by atoms with E-state index in [1.165, 1.54) is 30.0 Å². The van der Waals surface area contributed by atoms with Gasteiger partial charge in [0.25, 0.3) is 11.8 Å². The van der Waals surface area contributed by atoms with Gasteiger partial charge in [0.2, 0.25) is 0 Å². The van der Waals surface area contributed by atoms with Crippen molar-refractivity contribution >= 4 is 51.2 Å². The Bertz CT molecular complexity index is 781. The molecule has 6 nitrogen and oxygen atoms in total. The summed E-state index contributed by atoms with van der Waals surface area (Å²) in [6, 6.07) is 3.47. The van der Waals surface area contributed by atoms with E-state index in [9.17, 15) is 9.59 Å². The summed E-state index contributed by atoms with van der Waals surface area (Å²) < 4.78 is 11.9. The fourth-order valence-electron chi connectivity index (χ4n) is 2.36. The van der Waals surface area contributed by atoms with Crippen LogP contribution in [0.4, 0.5) is 0 Å². The van der Waals surface area contributed by atoms with Gasteiger partial charge in [-0.05, 0) is 58.8 Å². The lowest BCUT2D eigenvalue weighted by molar-refractivity contribution is -0.132. The standard InChI is InChI=1S/C18H19BrN2O4S/c1-5-7-25-15-13(19)9-11(10-14(15)24-6-2)8-12-16(22)20(3)18(26)21(4)17(12)23/h5,8-10H,1,6-7H2,2-4H3.